The normalized spacial score (nSPS) is 14.5. The second kappa shape index (κ2) is 4.04. The molecule has 1 N–H and O–H groups in total. The standard InChI is InChI=1S/C7H8N3.F6P/c1-9-6-2-4-7(10-8)5-3-6;1-7(2,3,4,5)6/h2-5,9H,1H3;/q+1;-1. The van der Waals surface area contributed by atoms with Gasteiger partial charge in [0.2, 0.25) is 5.39 Å². The molecule has 0 saturated carbocycles. The maximum atomic E-state index is 9.87. The molecule has 0 bridgehead atoms. The second-order valence-corrected chi connectivity index (χ2v) is 4.77. The number of nitrogens with one attached hydrogen (secondary N) is 1. The first-order valence-corrected chi connectivity index (χ1v) is 6.04. The fraction of sp³-hybridized carbons (Fsp3) is 0.143. The minimum absolute atomic E-state index is 0.569. The first-order chi connectivity index (χ1) is 7.31. The summed E-state index contributed by atoms with van der Waals surface area (Å²) in [7, 11) is -8.82. The van der Waals surface area contributed by atoms with Crippen molar-refractivity contribution in [2.24, 2.45) is 0 Å². The third-order valence-electron chi connectivity index (χ3n) is 1.27. The Labute approximate surface area is 92.3 Å². The Bertz CT molecular complexity index is 405. The van der Waals surface area contributed by atoms with Crippen molar-refractivity contribution < 1.29 is 25.2 Å². The van der Waals surface area contributed by atoms with Crippen molar-refractivity contribution >= 4 is 19.2 Å². The van der Waals surface area contributed by atoms with E-state index in [1.165, 1.54) is 0 Å². The van der Waals surface area contributed by atoms with E-state index in [2.05, 4.69) is 10.3 Å². The van der Waals surface area contributed by atoms with Gasteiger partial charge in [0.1, 0.15) is 0 Å². The molecule has 0 aliphatic carbocycles. The summed E-state index contributed by atoms with van der Waals surface area (Å²) in [5.41, 5.74) is 1.58. The van der Waals surface area contributed by atoms with Crippen LogP contribution >= 0.6 is 7.81 Å². The zero-order valence-corrected chi connectivity index (χ0v) is 9.31. The molecular formula is C7H8F6N3P. The Kier molecular flexibility index (Phi) is 3.67. The number of hydrogen-bond acceptors (Lipinski definition) is 2. The summed E-state index contributed by atoms with van der Waals surface area (Å²) in [6.07, 6.45) is 0. The molecule has 0 atom stereocenters. The van der Waals surface area contributed by atoms with E-state index in [0.717, 1.165) is 5.69 Å². The Morgan fingerprint density at radius 1 is 1.00 bits per heavy atom. The van der Waals surface area contributed by atoms with Crippen molar-refractivity contribution in [3.05, 3.63) is 29.2 Å². The van der Waals surface area contributed by atoms with Crippen LogP contribution in [0, 0.1) is 5.39 Å². The number of anilines is 1. The molecule has 10 heteroatoms. The Morgan fingerprint density at radius 2 is 1.35 bits per heavy atom. The molecule has 1 rings (SSSR count). The van der Waals surface area contributed by atoms with Crippen LogP contribution in [0.5, 0.6) is 0 Å². The quantitative estimate of drug-likeness (QED) is 0.413. The summed E-state index contributed by atoms with van der Waals surface area (Å²) in [4.78, 5) is 3.02. The van der Waals surface area contributed by atoms with Crippen LogP contribution in [0.4, 0.5) is 36.6 Å². The number of nitrogens with zero attached hydrogens (tertiary/aromatic N) is 2. The molecule has 17 heavy (non-hydrogen) atoms. The van der Waals surface area contributed by atoms with Crippen LogP contribution in [-0.2, 0) is 0 Å². The van der Waals surface area contributed by atoms with Crippen molar-refractivity contribution in [3.8, 4) is 0 Å². The van der Waals surface area contributed by atoms with E-state index in [9.17, 15) is 25.2 Å². The van der Waals surface area contributed by atoms with Gasteiger partial charge in [-0.2, -0.15) is 0 Å². The monoisotopic (exact) mass is 279 g/mol. The molecular weight excluding hydrogens is 271 g/mol. The van der Waals surface area contributed by atoms with Crippen LogP contribution in [-0.4, -0.2) is 7.05 Å². The molecule has 0 spiro atoms. The average molecular weight is 279 g/mol. The van der Waals surface area contributed by atoms with Gasteiger partial charge in [0, 0.05) is 24.9 Å². The van der Waals surface area contributed by atoms with Gasteiger partial charge in [0.05, 0.1) is 0 Å². The fourth-order valence-corrected chi connectivity index (χ4v) is 0.695. The van der Waals surface area contributed by atoms with Crippen molar-refractivity contribution in [1.29, 1.82) is 5.39 Å². The van der Waals surface area contributed by atoms with Crippen molar-refractivity contribution in [2.75, 3.05) is 12.4 Å². The van der Waals surface area contributed by atoms with E-state index in [0.29, 0.717) is 5.69 Å². The van der Waals surface area contributed by atoms with Gasteiger partial charge in [-0.05, 0) is 12.1 Å². The summed E-state index contributed by atoms with van der Waals surface area (Å²) in [5.74, 6) is 0. The number of benzene rings is 1. The summed E-state index contributed by atoms with van der Waals surface area (Å²) >= 11 is 0. The molecule has 3 nitrogen and oxygen atoms in total. The van der Waals surface area contributed by atoms with Crippen LogP contribution in [0.1, 0.15) is 0 Å². The predicted molar refractivity (Wildman–Crippen MR) is 54.3 cm³/mol. The van der Waals surface area contributed by atoms with Crippen LogP contribution in [0.2, 0.25) is 0 Å². The third-order valence-corrected chi connectivity index (χ3v) is 1.27. The van der Waals surface area contributed by atoms with Crippen LogP contribution in [0.15, 0.2) is 24.3 Å². The molecule has 1 aromatic rings. The van der Waals surface area contributed by atoms with Gasteiger partial charge in [0.25, 0.3) is 0 Å². The van der Waals surface area contributed by atoms with Crippen molar-refractivity contribution in [1.82, 2.24) is 0 Å². The van der Waals surface area contributed by atoms with E-state index in [-0.39, 0.29) is 0 Å². The van der Waals surface area contributed by atoms with Gasteiger partial charge < -0.3 is 5.32 Å². The molecule has 0 heterocycles. The first kappa shape index (κ1) is 15.4. The molecule has 0 unspecified atom stereocenters. The maximum absolute atomic E-state index is 10.7. The summed E-state index contributed by atoms with van der Waals surface area (Å²) < 4.78 is 59.2. The summed E-state index contributed by atoms with van der Waals surface area (Å²) in [6.45, 7) is 0. The molecule has 0 aliphatic rings. The van der Waals surface area contributed by atoms with Crippen molar-refractivity contribution in [2.45, 2.75) is 0 Å². The van der Waals surface area contributed by atoms with E-state index in [4.69, 9.17) is 5.39 Å². The van der Waals surface area contributed by atoms with E-state index >= 15 is 0 Å². The summed E-state index contributed by atoms with van der Waals surface area (Å²) in [5, 5.41) is 11.3. The SMILES string of the molecule is CNc1ccc([N+]#N)cc1.F[P-](F)(F)(F)(F)F. The zero-order chi connectivity index (χ0) is 13.8. The van der Waals surface area contributed by atoms with Gasteiger partial charge in [-0.1, -0.05) is 0 Å². The Morgan fingerprint density at radius 3 is 1.59 bits per heavy atom. The average Bonchev–Trinajstić information content (AvgIpc) is 2.13. The van der Waals surface area contributed by atoms with Crippen molar-refractivity contribution in [3.63, 3.8) is 0 Å². The molecule has 0 radical (unpaired) electrons. The van der Waals surface area contributed by atoms with Gasteiger partial charge in [0.15, 0.2) is 4.98 Å². The second-order valence-electron chi connectivity index (χ2n) is 2.86. The molecule has 98 valence electrons. The van der Waals surface area contributed by atoms with E-state index in [1.807, 2.05) is 19.2 Å². The first-order valence-electron chi connectivity index (χ1n) is 4.01. The Balaban J connectivity index is 0.000000325. The Hall–Kier alpha value is -1.55. The van der Waals surface area contributed by atoms with Gasteiger partial charge in [-0.25, -0.2) is 0 Å². The number of diazo groups is 1. The molecule has 0 saturated heterocycles. The third kappa shape index (κ3) is 14.5. The van der Waals surface area contributed by atoms with Crippen LogP contribution in [0.3, 0.4) is 0 Å². The topological polar surface area (TPSA) is 40.2 Å². The van der Waals surface area contributed by atoms with Crippen LogP contribution in [0.25, 0.3) is 4.98 Å². The summed E-state index contributed by atoms with van der Waals surface area (Å²) in [6, 6.07) is 7.14. The number of hydrogen-bond donors (Lipinski definition) is 1. The fourth-order valence-electron chi connectivity index (χ4n) is 0.695. The minimum atomic E-state index is -10.7. The van der Waals surface area contributed by atoms with Gasteiger partial charge in [-0.15, -0.1) is 0 Å². The molecule has 0 amide bonds. The number of halogens is 6. The molecule has 1 aromatic carbocycles. The molecule has 0 aromatic heterocycles. The number of rotatable bonds is 1. The van der Waals surface area contributed by atoms with Gasteiger partial charge in [-0.3, -0.25) is 0 Å². The van der Waals surface area contributed by atoms with Crippen LogP contribution < -0.4 is 5.32 Å². The predicted octanol–water partition coefficient (Wildman–Crippen LogP) is 5.60. The molecule has 0 fully saturated rings. The zero-order valence-electron chi connectivity index (χ0n) is 8.42. The van der Waals surface area contributed by atoms with Gasteiger partial charge >= 0.3 is 38.7 Å². The van der Waals surface area contributed by atoms with E-state index in [1.54, 1.807) is 12.1 Å². The van der Waals surface area contributed by atoms with E-state index < -0.39 is 7.81 Å². The molecule has 0 aliphatic heterocycles.